The molecular weight excluding hydrogens is 330 g/mol. The summed E-state index contributed by atoms with van der Waals surface area (Å²) < 4.78 is 10.2. The van der Waals surface area contributed by atoms with Gasteiger partial charge >= 0.3 is 0 Å². The number of ketones is 2. The van der Waals surface area contributed by atoms with E-state index in [4.69, 9.17) is 9.47 Å². The van der Waals surface area contributed by atoms with E-state index in [0.29, 0.717) is 29.2 Å². The molecule has 0 saturated heterocycles. The molecule has 2 rings (SSSR count). The summed E-state index contributed by atoms with van der Waals surface area (Å²) >= 11 is 0. The van der Waals surface area contributed by atoms with Gasteiger partial charge in [-0.25, -0.2) is 0 Å². The second kappa shape index (κ2) is 9.15. The lowest BCUT2D eigenvalue weighted by atomic mass is 9.90. The van der Waals surface area contributed by atoms with E-state index in [0.717, 1.165) is 0 Å². The van der Waals surface area contributed by atoms with Crippen LogP contribution in [0.1, 0.15) is 27.1 Å². The quantitative estimate of drug-likeness (QED) is 0.646. The average molecular weight is 355 g/mol. The molecule has 5 nitrogen and oxygen atoms in total. The zero-order valence-corrected chi connectivity index (χ0v) is 15.7. The summed E-state index contributed by atoms with van der Waals surface area (Å²) in [6.07, 6.45) is 0.162. The molecule has 0 fully saturated rings. The minimum Gasteiger partial charge on any atom is -0.497 e. The predicted molar refractivity (Wildman–Crippen MR) is 101 cm³/mol. The summed E-state index contributed by atoms with van der Waals surface area (Å²) in [5.41, 5.74) is 1.16. The summed E-state index contributed by atoms with van der Waals surface area (Å²) in [7, 11) is 6.95. The van der Waals surface area contributed by atoms with Gasteiger partial charge in [-0.1, -0.05) is 0 Å². The van der Waals surface area contributed by atoms with Gasteiger partial charge in [-0.05, 0) is 62.6 Å². The summed E-state index contributed by atoms with van der Waals surface area (Å²) in [6.45, 7) is 0.507. The molecule has 0 aliphatic carbocycles. The van der Waals surface area contributed by atoms with Gasteiger partial charge in [0, 0.05) is 30.0 Å². The number of ether oxygens (including phenoxy) is 2. The molecule has 0 amide bonds. The first kappa shape index (κ1) is 19.7. The number of benzene rings is 2. The standard InChI is InChI=1S/C21H25NO4/c1-22(2)14-17(21(24)16-7-11-19(26-4)12-8-16)13-20(23)15-5-9-18(25-3)10-6-15/h5-12,17H,13-14H2,1-4H3. The highest BCUT2D eigenvalue weighted by Crippen LogP contribution is 2.20. The zero-order chi connectivity index (χ0) is 19.1. The fourth-order valence-corrected chi connectivity index (χ4v) is 2.79. The average Bonchev–Trinajstić information content (AvgIpc) is 2.66. The van der Waals surface area contributed by atoms with E-state index in [9.17, 15) is 9.59 Å². The molecule has 2 aromatic rings. The van der Waals surface area contributed by atoms with E-state index in [1.54, 1.807) is 62.8 Å². The van der Waals surface area contributed by atoms with Crippen LogP contribution in [0.3, 0.4) is 0 Å². The Bertz CT molecular complexity index is 736. The number of hydrogen-bond donors (Lipinski definition) is 0. The molecule has 1 unspecified atom stereocenters. The van der Waals surface area contributed by atoms with Crippen LogP contribution in [0.5, 0.6) is 11.5 Å². The Morgan fingerprint density at radius 1 is 0.846 bits per heavy atom. The Morgan fingerprint density at radius 2 is 1.31 bits per heavy atom. The van der Waals surface area contributed by atoms with Gasteiger partial charge in [0.05, 0.1) is 14.2 Å². The molecule has 0 aliphatic rings. The number of methoxy groups -OCH3 is 2. The Balaban J connectivity index is 2.16. The van der Waals surface area contributed by atoms with Crippen molar-refractivity contribution < 1.29 is 19.1 Å². The zero-order valence-electron chi connectivity index (χ0n) is 15.7. The number of rotatable bonds is 9. The highest BCUT2D eigenvalue weighted by molar-refractivity contribution is 6.03. The summed E-state index contributed by atoms with van der Waals surface area (Å²) in [5.74, 6) is 0.887. The minimum absolute atomic E-state index is 0.0387. The molecule has 1 atom stereocenters. The van der Waals surface area contributed by atoms with Crippen LogP contribution >= 0.6 is 0 Å². The smallest absolute Gasteiger partial charge is 0.167 e. The first-order chi connectivity index (χ1) is 12.4. The number of hydrogen-bond acceptors (Lipinski definition) is 5. The Kier molecular flexibility index (Phi) is 6.92. The van der Waals surface area contributed by atoms with Gasteiger partial charge in [-0.3, -0.25) is 9.59 Å². The highest BCUT2D eigenvalue weighted by atomic mass is 16.5. The topological polar surface area (TPSA) is 55.8 Å². The monoisotopic (exact) mass is 355 g/mol. The van der Waals surface area contributed by atoms with Crippen LogP contribution in [0.25, 0.3) is 0 Å². The molecule has 138 valence electrons. The molecule has 26 heavy (non-hydrogen) atoms. The van der Waals surface area contributed by atoms with Gasteiger partial charge < -0.3 is 14.4 Å². The molecule has 0 N–H and O–H groups in total. The lowest BCUT2D eigenvalue weighted by Crippen LogP contribution is -2.30. The van der Waals surface area contributed by atoms with Crippen molar-refractivity contribution in [1.29, 1.82) is 0 Å². The third kappa shape index (κ3) is 5.17. The molecule has 0 radical (unpaired) electrons. The van der Waals surface area contributed by atoms with Crippen LogP contribution in [-0.4, -0.2) is 51.3 Å². The van der Waals surface area contributed by atoms with Gasteiger partial charge in [0.1, 0.15) is 11.5 Å². The van der Waals surface area contributed by atoms with Crippen molar-refractivity contribution in [3.8, 4) is 11.5 Å². The third-order valence-corrected chi connectivity index (χ3v) is 4.17. The maximum Gasteiger partial charge on any atom is 0.167 e. The number of Topliss-reactive ketones (excluding diaryl/α,β-unsaturated/α-hetero) is 2. The normalized spacial score (nSPS) is 11.9. The van der Waals surface area contributed by atoms with Gasteiger partial charge in [0.15, 0.2) is 11.6 Å². The predicted octanol–water partition coefficient (Wildman–Crippen LogP) is 3.34. The van der Waals surface area contributed by atoms with Gasteiger partial charge in [0.25, 0.3) is 0 Å². The Labute approximate surface area is 154 Å². The SMILES string of the molecule is COc1ccc(C(=O)CC(CN(C)C)C(=O)c2ccc(OC)cc2)cc1. The molecule has 0 heterocycles. The molecule has 0 spiro atoms. The van der Waals surface area contributed by atoms with Crippen LogP contribution in [0.2, 0.25) is 0 Å². The summed E-state index contributed by atoms with van der Waals surface area (Å²) in [6, 6.07) is 13.9. The van der Waals surface area contributed by atoms with Gasteiger partial charge in [-0.15, -0.1) is 0 Å². The number of carbonyl (C=O) groups is 2. The second-order valence-corrected chi connectivity index (χ2v) is 6.41. The van der Waals surface area contributed by atoms with Crippen molar-refractivity contribution in [1.82, 2.24) is 4.90 Å². The fraction of sp³-hybridized carbons (Fsp3) is 0.333. The fourth-order valence-electron chi connectivity index (χ4n) is 2.79. The Morgan fingerprint density at radius 3 is 1.73 bits per heavy atom. The number of carbonyl (C=O) groups excluding carboxylic acids is 2. The van der Waals surface area contributed by atoms with Crippen molar-refractivity contribution in [3.63, 3.8) is 0 Å². The molecular formula is C21H25NO4. The van der Waals surface area contributed by atoms with Crippen LogP contribution in [0.15, 0.2) is 48.5 Å². The lowest BCUT2D eigenvalue weighted by molar-refractivity contribution is 0.0829. The second-order valence-electron chi connectivity index (χ2n) is 6.41. The van der Waals surface area contributed by atoms with E-state index in [1.165, 1.54) is 0 Å². The number of nitrogens with zero attached hydrogens (tertiary/aromatic N) is 1. The van der Waals surface area contributed by atoms with Crippen LogP contribution in [0.4, 0.5) is 0 Å². The van der Waals surface area contributed by atoms with Gasteiger partial charge in [0.2, 0.25) is 0 Å². The Hall–Kier alpha value is -2.66. The first-order valence-electron chi connectivity index (χ1n) is 8.45. The van der Waals surface area contributed by atoms with Crippen molar-refractivity contribution in [2.75, 3.05) is 34.9 Å². The molecule has 5 heteroatoms. The lowest BCUT2D eigenvalue weighted by Gasteiger charge is -2.20. The molecule has 0 aromatic heterocycles. The maximum atomic E-state index is 12.9. The third-order valence-electron chi connectivity index (χ3n) is 4.17. The highest BCUT2D eigenvalue weighted by Gasteiger charge is 2.24. The van der Waals surface area contributed by atoms with Crippen molar-refractivity contribution >= 4 is 11.6 Å². The molecule has 0 aliphatic heterocycles. The molecule has 2 aromatic carbocycles. The van der Waals surface area contributed by atoms with Crippen molar-refractivity contribution in [2.45, 2.75) is 6.42 Å². The van der Waals surface area contributed by atoms with E-state index in [1.807, 2.05) is 19.0 Å². The van der Waals surface area contributed by atoms with Crippen molar-refractivity contribution in [2.24, 2.45) is 5.92 Å². The largest absolute Gasteiger partial charge is 0.497 e. The summed E-state index contributed by atoms with van der Waals surface area (Å²) in [5, 5.41) is 0. The van der Waals surface area contributed by atoms with Crippen LogP contribution in [0, 0.1) is 5.92 Å². The van der Waals surface area contributed by atoms with Crippen LogP contribution < -0.4 is 9.47 Å². The molecule has 0 saturated carbocycles. The maximum absolute atomic E-state index is 12.9. The van der Waals surface area contributed by atoms with E-state index in [2.05, 4.69) is 0 Å². The molecule has 0 bridgehead atoms. The van der Waals surface area contributed by atoms with Gasteiger partial charge in [-0.2, -0.15) is 0 Å². The first-order valence-corrected chi connectivity index (χ1v) is 8.45. The van der Waals surface area contributed by atoms with Crippen LogP contribution in [-0.2, 0) is 0 Å². The van der Waals surface area contributed by atoms with E-state index in [-0.39, 0.29) is 18.0 Å². The summed E-state index contributed by atoms with van der Waals surface area (Å²) in [4.78, 5) is 27.5. The van der Waals surface area contributed by atoms with Crippen molar-refractivity contribution in [3.05, 3.63) is 59.7 Å². The van der Waals surface area contributed by atoms with E-state index < -0.39 is 5.92 Å². The van der Waals surface area contributed by atoms with E-state index >= 15 is 0 Å². The minimum atomic E-state index is -0.409.